The highest BCUT2D eigenvalue weighted by Gasteiger charge is 2.14. The maximum atomic E-state index is 13.8. The first-order valence-electron chi connectivity index (χ1n) is 8.19. The van der Waals surface area contributed by atoms with E-state index in [0.29, 0.717) is 17.3 Å². The Morgan fingerprint density at radius 2 is 1.52 bits per heavy atom. The first-order chi connectivity index (χ1) is 12.9. The zero-order valence-electron chi connectivity index (χ0n) is 14.6. The monoisotopic (exact) mass is 374 g/mol. The van der Waals surface area contributed by atoms with Gasteiger partial charge in [-0.25, -0.2) is 23.1 Å². The van der Waals surface area contributed by atoms with E-state index in [0.717, 1.165) is 12.1 Å². The van der Waals surface area contributed by atoms with Crippen molar-refractivity contribution in [1.82, 2.24) is 9.97 Å². The highest BCUT2D eigenvalue weighted by atomic mass is 19.2. The first kappa shape index (κ1) is 18.5. The smallest absolute Gasteiger partial charge is 0.196 e. The van der Waals surface area contributed by atoms with Crippen LogP contribution in [0.25, 0.3) is 0 Å². The molecule has 5 nitrogen and oxygen atoms in total. The number of aromatic nitrogens is 2. The van der Waals surface area contributed by atoms with Crippen molar-refractivity contribution in [3.8, 4) is 5.75 Å². The molecule has 27 heavy (non-hydrogen) atoms. The lowest BCUT2D eigenvalue weighted by Crippen LogP contribution is -2.07. The summed E-state index contributed by atoms with van der Waals surface area (Å²) in [6.07, 6.45) is 1.25. The zero-order valence-corrected chi connectivity index (χ0v) is 14.6. The minimum atomic E-state index is -1.55. The molecule has 1 aromatic heterocycles. The van der Waals surface area contributed by atoms with Crippen molar-refractivity contribution >= 4 is 23.0 Å². The molecule has 0 radical (unpaired) electrons. The number of benzene rings is 2. The Morgan fingerprint density at radius 1 is 0.852 bits per heavy atom. The molecule has 0 fully saturated rings. The van der Waals surface area contributed by atoms with E-state index >= 15 is 0 Å². The van der Waals surface area contributed by atoms with E-state index < -0.39 is 17.5 Å². The van der Waals surface area contributed by atoms with Gasteiger partial charge in [-0.1, -0.05) is 12.1 Å². The fraction of sp³-hybridized carbons (Fsp3) is 0.158. The van der Waals surface area contributed by atoms with Crippen LogP contribution in [0.2, 0.25) is 0 Å². The molecule has 0 unspecified atom stereocenters. The molecule has 0 saturated heterocycles. The topological polar surface area (TPSA) is 59.1 Å². The van der Waals surface area contributed by atoms with Crippen LogP contribution in [0, 0.1) is 17.5 Å². The summed E-state index contributed by atoms with van der Waals surface area (Å²) in [7, 11) is 0. The number of halogens is 3. The van der Waals surface area contributed by atoms with Crippen LogP contribution in [0.3, 0.4) is 0 Å². The summed E-state index contributed by atoms with van der Waals surface area (Å²) in [5.74, 6) is -2.86. The largest absolute Gasteiger partial charge is 0.489 e. The molecule has 140 valence electrons. The van der Waals surface area contributed by atoms with E-state index in [1.165, 1.54) is 12.4 Å². The number of ether oxygens (including phenoxy) is 1. The summed E-state index contributed by atoms with van der Waals surface area (Å²) < 4.78 is 46.0. The summed E-state index contributed by atoms with van der Waals surface area (Å²) in [6.45, 7) is 3.83. The number of nitrogens with zero attached hydrogens (tertiary/aromatic N) is 2. The second-order valence-electron chi connectivity index (χ2n) is 5.92. The third kappa shape index (κ3) is 4.46. The van der Waals surface area contributed by atoms with E-state index in [1.54, 1.807) is 0 Å². The van der Waals surface area contributed by atoms with Gasteiger partial charge in [-0.3, -0.25) is 0 Å². The Balaban J connectivity index is 1.82. The number of rotatable bonds is 6. The van der Waals surface area contributed by atoms with Gasteiger partial charge < -0.3 is 15.4 Å². The maximum absolute atomic E-state index is 13.8. The fourth-order valence-corrected chi connectivity index (χ4v) is 2.32. The number of hydrogen-bond donors (Lipinski definition) is 2. The van der Waals surface area contributed by atoms with Crippen LogP contribution >= 0.6 is 0 Å². The molecule has 8 heteroatoms. The standard InChI is InChI=1S/C19H17F3N4O/c1-11(2)27-15-6-4-3-5-13(15)25-16-9-17(24-10-23-16)26-14-8-7-12(20)18(21)19(14)22/h3-11H,1-2H3,(H2,23,24,25,26). The normalized spacial score (nSPS) is 10.7. The van der Waals surface area contributed by atoms with Crippen LogP contribution in [0.1, 0.15) is 13.8 Å². The molecule has 0 aliphatic rings. The Hall–Kier alpha value is -3.29. The Labute approximate surface area is 154 Å². The predicted molar refractivity (Wildman–Crippen MR) is 97.1 cm³/mol. The summed E-state index contributed by atoms with van der Waals surface area (Å²) in [4.78, 5) is 8.07. The number of nitrogens with one attached hydrogen (secondary N) is 2. The van der Waals surface area contributed by atoms with Gasteiger partial charge >= 0.3 is 0 Å². The van der Waals surface area contributed by atoms with Crippen molar-refractivity contribution in [2.24, 2.45) is 0 Å². The average molecular weight is 374 g/mol. The van der Waals surface area contributed by atoms with Gasteiger partial charge in [-0.15, -0.1) is 0 Å². The quantitative estimate of drug-likeness (QED) is 0.583. The van der Waals surface area contributed by atoms with Crippen LogP contribution < -0.4 is 15.4 Å². The second kappa shape index (κ2) is 7.94. The molecule has 0 atom stereocenters. The maximum Gasteiger partial charge on any atom is 0.196 e. The molecule has 0 saturated carbocycles. The van der Waals surface area contributed by atoms with E-state index in [4.69, 9.17) is 4.74 Å². The van der Waals surface area contributed by atoms with E-state index in [-0.39, 0.29) is 17.6 Å². The van der Waals surface area contributed by atoms with Gasteiger partial charge in [0.15, 0.2) is 17.5 Å². The van der Waals surface area contributed by atoms with Crippen molar-refractivity contribution in [2.75, 3.05) is 10.6 Å². The predicted octanol–water partition coefficient (Wildman–Crippen LogP) is 5.17. The lowest BCUT2D eigenvalue weighted by molar-refractivity contribution is 0.244. The Bertz CT molecular complexity index is 950. The number of anilines is 4. The molecular formula is C19H17F3N4O. The van der Waals surface area contributed by atoms with Gasteiger partial charge in [0.05, 0.1) is 17.5 Å². The number of para-hydroxylation sites is 2. The lowest BCUT2D eigenvalue weighted by atomic mass is 10.2. The molecule has 0 aliphatic heterocycles. The first-order valence-corrected chi connectivity index (χ1v) is 8.19. The molecule has 2 aromatic carbocycles. The molecular weight excluding hydrogens is 357 g/mol. The molecule has 0 amide bonds. The number of hydrogen-bond acceptors (Lipinski definition) is 5. The zero-order chi connectivity index (χ0) is 19.4. The summed E-state index contributed by atoms with van der Waals surface area (Å²) in [6, 6.07) is 10.8. The van der Waals surface area contributed by atoms with Crippen molar-refractivity contribution in [3.63, 3.8) is 0 Å². The minimum absolute atomic E-state index is 0.00748. The van der Waals surface area contributed by atoms with Crippen LogP contribution in [0.4, 0.5) is 36.2 Å². The van der Waals surface area contributed by atoms with Crippen LogP contribution in [-0.2, 0) is 0 Å². The van der Waals surface area contributed by atoms with Gasteiger partial charge in [0, 0.05) is 6.07 Å². The van der Waals surface area contributed by atoms with Gasteiger partial charge in [0.1, 0.15) is 23.7 Å². The summed E-state index contributed by atoms with van der Waals surface area (Å²) in [5, 5.41) is 5.70. The van der Waals surface area contributed by atoms with Crippen LogP contribution in [-0.4, -0.2) is 16.1 Å². The van der Waals surface area contributed by atoms with E-state index in [2.05, 4.69) is 20.6 Å². The summed E-state index contributed by atoms with van der Waals surface area (Å²) >= 11 is 0. The Morgan fingerprint density at radius 3 is 2.22 bits per heavy atom. The second-order valence-corrected chi connectivity index (χ2v) is 5.92. The molecule has 2 N–H and O–H groups in total. The molecule has 3 rings (SSSR count). The Kier molecular flexibility index (Phi) is 5.44. The van der Waals surface area contributed by atoms with E-state index in [1.807, 2.05) is 38.1 Å². The lowest BCUT2D eigenvalue weighted by Gasteiger charge is -2.15. The van der Waals surface area contributed by atoms with Gasteiger partial charge in [0.2, 0.25) is 0 Å². The van der Waals surface area contributed by atoms with Crippen LogP contribution in [0.15, 0.2) is 48.8 Å². The SMILES string of the molecule is CC(C)Oc1ccccc1Nc1cc(Nc2ccc(F)c(F)c2F)ncn1. The van der Waals surface area contributed by atoms with Gasteiger partial charge in [-0.2, -0.15) is 0 Å². The molecule has 0 aliphatic carbocycles. The highest BCUT2D eigenvalue weighted by Crippen LogP contribution is 2.29. The van der Waals surface area contributed by atoms with E-state index in [9.17, 15) is 13.2 Å². The average Bonchev–Trinajstić information content (AvgIpc) is 2.64. The molecule has 0 bridgehead atoms. The van der Waals surface area contributed by atoms with Crippen LogP contribution in [0.5, 0.6) is 5.75 Å². The van der Waals surface area contributed by atoms with Crippen molar-refractivity contribution in [2.45, 2.75) is 20.0 Å². The van der Waals surface area contributed by atoms with Crippen molar-refractivity contribution in [3.05, 3.63) is 66.2 Å². The third-order valence-corrected chi connectivity index (χ3v) is 3.48. The molecule has 3 aromatic rings. The van der Waals surface area contributed by atoms with Gasteiger partial charge in [0.25, 0.3) is 0 Å². The van der Waals surface area contributed by atoms with Crippen molar-refractivity contribution < 1.29 is 17.9 Å². The minimum Gasteiger partial charge on any atom is -0.489 e. The fourth-order valence-electron chi connectivity index (χ4n) is 2.32. The van der Waals surface area contributed by atoms with Gasteiger partial charge in [-0.05, 0) is 38.1 Å². The third-order valence-electron chi connectivity index (χ3n) is 3.48. The highest BCUT2D eigenvalue weighted by molar-refractivity contribution is 5.67. The molecule has 0 spiro atoms. The summed E-state index contributed by atoms with van der Waals surface area (Å²) in [5.41, 5.74) is 0.456. The van der Waals surface area contributed by atoms with Crippen molar-refractivity contribution in [1.29, 1.82) is 0 Å². The molecule has 1 heterocycles.